The molecule has 0 fully saturated rings. The molecule has 0 saturated heterocycles. The predicted molar refractivity (Wildman–Crippen MR) is 55.0 cm³/mol. The van der Waals surface area contributed by atoms with Crippen LogP contribution in [0.15, 0.2) is 28.7 Å². The summed E-state index contributed by atoms with van der Waals surface area (Å²) in [6.45, 7) is 6.43. The number of furan rings is 1. The summed E-state index contributed by atoms with van der Waals surface area (Å²) in [7, 11) is 0. The van der Waals surface area contributed by atoms with Crippen molar-refractivity contribution < 1.29 is 4.42 Å². The lowest BCUT2D eigenvalue weighted by atomic mass is 10.00. The van der Waals surface area contributed by atoms with Crippen LogP contribution in [0.2, 0.25) is 0 Å². The second kappa shape index (κ2) is 2.91. The molecule has 2 aromatic rings. The zero-order valence-electron chi connectivity index (χ0n) is 8.29. The average Bonchev–Trinajstić information content (AvgIpc) is 2.39. The normalized spacial score (nSPS) is 11.4. The van der Waals surface area contributed by atoms with Gasteiger partial charge in [-0.15, -0.1) is 0 Å². The summed E-state index contributed by atoms with van der Waals surface area (Å²) in [6.07, 6.45) is 0. The van der Waals surface area contributed by atoms with E-state index in [1.165, 1.54) is 10.9 Å². The first-order valence-corrected chi connectivity index (χ1v) is 4.68. The highest BCUT2D eigenvalue weighted by Gasteiger charge is 2.12. The molecule has 0 saturated carbocycles. The minimum Gasteiger partial charge on any atom is -0.461 e. The molecule has 0 atom stereocenters. The SMILES string of the molecule is Cc1oc2ccccc2c1C(C)C. The Morgan fingerprint density at radius 1 is 1.15 bits per heavy atom. The van der Waals surface area contributed by atoms with E-state index in [9.17, 15) is 0 Å². The molecule has 1 aromatic heterocycles. The maximum Gasteiger partial charge on any atom is 0.134 e. The van der Waals surface area contributed by atoms with Gasteiger partial charge < -0.3 is 4.42 Å². The quantitative estimate of drug-likeness (QED) is 0.639. The molecule has 2 rings (SSSR count). The molecule has 0 amide bonds. The van der Waals surface area contributed by atoms with Gasteiger partial charge in [-0.25, -0.2) is 0 Å². The van der Waals surface area contributed by atoms with Crippen LogP contribution in [-0.4, -0.2) is 0 Å². The molecular formula is C12H14O. The number of aryl methyl sites for hydroxylation is 1. The maximum absolute atomic E-state index is 5.66. The zero-order chi connectivity index (χ0) is 9.42. The highest BCUT2D eigenvalue weighted by Crippen LogP contribution is 2.30. The molecule has 0 aliphatic heterocycles. The third kappa shape index (κ3) is 1.24. The monoisotopic (exact) mass is 174 g/mol. The Balaban J connectivity index is 2.78. The van der Waals surface area contributed by atoms with E-state index in [4.69, 9.17) is 4.42 Å². The Labute approximate surface area is 78.4 Å². The lowest BCUT2D eigenvalue weighted by Crippen LogP contribution is -1.86. The van der Waals surface area contributed by atoms with E-state index >= 15 is 0 Å². The molecule has 0 aliphatic carbocycles. The van der Waals surface area contributed by atoms with E-state index in [1.54, 1.807) is 0 Å². The van der Waals surface area contributed by atoms with Gasteiger partial charge in [0.15, 0.2) is 0 Å². The topological polar surface area (TPSA) is 13.1 Å². The van der Waals surface area contributed by atoms with Gasteiger partial charge in [-0.3, -0.25) is 0 Å². The number of hydrogen-bond donors (Lipinski definition) is 0. The fourth-order valence-corrected chi connectivity index (χ4v) is 1.91. The first-order valence-electron chi connectivity index (χ1n) is 4.68. The summed E-state index contributed by atoms with van der Waals surface area (Å²) in [5, 5.41) is 1.26. The molecule has 0 unspecified atom stereocenters. The van der Waals surface area contributed by atoms with Gasteiger partial charge in [0, 0.05) is 10.9 Å². The second-order valence-electron chi connectivity index (χ2n) is 3.72. The van der Waals surface area contributed by atoms with Crippen molar-refractivity contribution in [3.05, 3.63) is 35.6 Å². The zero-order valence-corrected chi connectivity index (χ0v) is 8.29. The summed E-state index contributed by atoms with van der Waals surface area (Å²) in [5.74, 6) is 1.58. The van der Waals surface area contributed by atoms with Crippen molar-refractivity contribution in [3.63, 3.8) is 0 Å². The fraction of sp³-hybridized carbons (Fsp3) is 0.333. The van der Waals surface area contributed by atoms with Crippen molar-refractivity contribution in [3.8, 4) is 0 Å². The standard InChI is InChI=1S/C12H14O/c1-8(2)12-9(3)13-11-7-5-4-6-10(11)12/h4-8H,1-3H3. The van der Waals surface area contributed by atoms with Gasteiger partial charge in [-0.1, -0.05) is 32.0 Å². The molecule has 0 aliphatic rings. The Morgan fingerprint density at radius 3 is 2.54 bits per heavy atom. The van der Waals surface area contributed by atoms with Gasteiger partial charge >= 0.3 is 0 Å². The predicted octanol–water partition coefficient (Wildman–Crippen LogP) is 3.86. The number of hydrogen-bond acceptors (Lipinski definition) is 1. The number of para-hydroxylation sites is 1. The van der Waals surface area contributed by atoms with Crippen molar-refractivity contribution in [2.75, 3.05) is 0 Å². The Bertz CT molecular complexity index is 424. The van der Waals surface area contributed by atoms with Gasteiger partial charge in [0.05, 0.1) is 0 Å². The van der Waals surface area contributed by atoms with Crippen molar-refractivity contribution in [1.29, 1.82) is 0 Å². The molecule has 1 heterocycles. The van der Waals surface area contributed by atoms with Crippen molar-refractivity contribution >= 4 is 11.0 Å². The molecule has 0 radical (unpaired) electrons. The van der Waals surface area contributed by atoms with Crippen LogP contribution in [0.3, 0.4) is 0 Å². The molecule has 0 bridgehead atoms. The van der Waals surface area contributed by atoms with Crippen LogP contribution in [0.25, 0.3) is 11.0 Å². The van der Waals surface area contributed by atoms with Crippen molar-refractivity contribution in [1.82, 2.24) is 0 Å². The van der Waals surface area contributed by atoms with Crippen LogP contribution in [0.1, 0.15) is 31.1 Å². The molecule has 1 aromatic carbocycles. The highest BCUT2D eigenvalue weighted by molar-refractivity contribution is 5.82. The van der Waals surface area contributed by atoms with E-state index in [1.807, 2.05) is 19.1 Å². The van der Waals surface area contributed by atoms with Crippen LogP contribution < -0.4 is 0 Å². The van der Waals surface area contributed by atoms with E-state index in [2.05, 4.69) is 26.0 Å². The molecule has 1 nitrogen and oxygen atoms in total. The van der Waals surface area contributed by atoms with Gasteiger partial charge in [0.2, 0.25) is 0 Å². The molecule has 1 heteroatoms. The second-order valence-corrected chi connectivity index (χ2v) is 3.72. The Morgan fingerprint density at radius 2 is 1.85 bits per heavy atom. The number of fused-ring (bicyclic) bond motifs is 1. The highest BCUT2D eigenvalue weighted by atomic mass is 16.3. The minimum atomic E-state index is 0.531. The molecule has 68 valence electrons. The number of rotatable bonds is 1. The van der Waals surface area contributed by atoms with Crippen LogP contribution in [0.4, 0.5) is 0 Å². The van der Waals surface area contributed by atoms with Crippen LogP contribution in [0.5, 0.6) is 0 Å². The Hall–Kier alpha value is -1.24. The first kappa shape index (κ1) is 8.36. The average molecular weight is 174 g/mol. The number of benzene rings is 1. The van der Waals surface area contributed by atoms with Crippen LogP contribution in [0, 0.1) is 6.92 Å². The summed E-state index contributed by atoms with van der Waals surface area (Å²) in [6, 6.07) is 8.22. The smallest absolute Gasteiger partial charge is 0.134 e. The summed E-state index contributed by atoms with van der Waals surface area (Å²) in [5.41, 5.74) is 2.35. The van der Waals surface area contributed by atoms with Gasteiger partial charge in [0.1, 0.15) is 11.3 Å². The molecule has 0 spiro atoms. The van der Waals surface area contributed by atoms with Gasteiger partial charge in [-0.05, 0) is 18.9 Å². The van der Waals surface area contributed by atoms with Gasteiger partial charge in [0.25, 0.3) is 0 Å². The lowest BCUT2D eigenvalue weighted by molar-refractivity contribution is 0.568. The largest absolute Gasteiger partial charge is 0.461 e. The summed E-state index contributed by atoms with van der Waals surface area (Å²) >= 11 is 0. The molecule has 13 heavy (non-hydrogen) atoms. The van der Waals surface area contributed by atoms with E-state index < -0.39 is 0 Å². The van der Waals surface area contributed by atoms with E-state index in [0.29, 0.717) is 5.92 Å². The maximum atomic E-state index is 5.66. The van der Waals surface area contributed by atoms with Crippen LogP contribution >= 0.6 is 0 Å². The van der Waals surface area contributed by atoms with Crippen molar-refractivity contribution in [2.45, 2.75) is 26.7 Å². The summed E-state index contributed by atoms with van der Waals surface area (Å²) in [4.78, 5) is 0. The lowest BCUT2D eigenvalue weighted by Gasteiger charge is -2.02. The summed E-state index contributed by atoms with van der Waals surface area (Å²) < 4.78 is 5.66. The van der Waals surface area contributed by atoms with E-state index in [0.717, 1.165) is 11.3 Å². The molecule has 0 N–H and O–H groups in total. The van der Waals surface area contributed by atoms with Gasteiger partial charge in [-0.2, -0.15) is 0 Å². The fourth-order valence-electron chi connectivity index (χ4n) is 1.91. The minimum absolute atomic E-state index is 0.531. The van der Waals surface area contributed by atoms with Crippen LogP contribution in [-0.2, 0) is 0 Å². The Kier molecular flexibility index (Phi) is 1.87. The van der Waals surface area contributed by atoms with Crippen molar-refractivity contribution in [2.24, 2.45) is 0 Å². The first-order chi connectivity index (χ1) is 6.20. The van der Waals surface area contributed by atoms with E-state index in [-0.39, 0.29) is 0 Å². The third-order valence-corrected chi connectivity index (χ3v) is 2.40. The third-order valence-electron chi connectivity index (χ3n) is 2.40. The molecular weight excluding hydrogens is 160 g/mol.